The summed E-state index contributed by atoms with van der Waals surface area (Å²) in [7, 11) is 0. The lowest BCUT2D eigenvalue weighted by molar-refractivity contribution is -0.121. The number of pyridine rings is 1. The molecular weight excluding hydrogens is 372 g/mol. The molecule has 0 saturated carbocycles. The fraction of sp³-hybridized carbons (Fsp3) is 0.238. The van der Waals surface area contributed by atoms with Gasteiger partial charge in [-0.25, -0.2) is 4.79 Å². The number of hydrogen-bond acceptors (Lipinski definition) is 5. The number of nitrogens with one attached hydrogen (secondary N) is 3. The predicted molar refractivity (Wildman–Crippen MR) is 108 cm³/mol. The van der Waals surface area contributed by atoms with Crippen molar-refractivity contribution in [2.24, 2.45) is 0 Å². The lowest BCUT2D eigenvalue weighted by Crippen LogP contribution is -2.29. The molecule has 2 heterocycles. The Hall–Kier alpha value is -3.68. The van der Waals surface area contributed by atoms with E-state index >= 15 is 0 Å². The fourth-order valence-electron chi connectivity index (χ4n) is 2.81. The summed E-state index contributed by atoms with van der Waals surface area (Å²) in [5.74, 6) is 0.559. The molecule has 29 heavy (non-hydrogen) atoms. The van der Waals surface area contributed by atoms with Crippen LogP contribution in [-0.4, -0.2) is 20.9 Å². The Morgan fingerprint density at radius 2 is 1.90 bits per heavy atom. The summed E-state index contributed by atoms with van der Waals surface area (Å²) >= 11 is 0. The van der Waals surface area contributed by atoms with E-state index in [1.54, 1.807) is 19.3 Å². The third kappa shape index (κ3) is 5.90. The summed E-state index contributed by atoms with van der Waals surface area (Å²) < 4.78 is 5.71. The van der Waals surface area contributed by atoms with Gasteiger partial charge in [0.05, 0.1) is 0 Å². The molecule has 2 aromatic heterocycles. The minimum absolute atomic E-state index is 0.155. The summed E-state index contributed by atoms with van der Waals surface area (Å²) in [5, 5.41) is 2.82. The zero-order valence-electron chi connectivity index (χ0n) is 16.0. The molecule has 3 aromatic rings. The topological polar surface area (TPSA) is 117 Å². The summed E-state index contributed by atoms with van der Waals surface area (Å²) in [6.45, 7) is 2.46. The average Bonchev–Trinajstić information content (AvgIpc) is 2.71. The van der Waals surface area contributed by atoms with Gasteiger partial charge in [-0.2, -0.15) is 0 Å². The molecule has 0 saturated heterocycles. The lowest BCUT2D eigenvalue weighted by Gasteiger charge is -2.09. The minimum atomic E-state index is -0.548. The summed E-state index contributed by atoms with van der Waals surface area (Å²) in [4.78, 5) is 43.8. The Bertz CT molecular complexity index is 1070. The average molecular weight is 394 g/mol. The van der Waals surface area contributed by atoms with Crippen LogP contribution in [0.15, 0.2) is 58.4 Å². The minimum Gasteiger partial charge on any atom is -0.489 e. The number of aromatic amines is 2. The van der Waals surface area contributed by atoms with Gasteiger partial charge in [0.2, 0.25) is 5.91 Å². The van der Waals surface area contributed by atoms with Gasteiger partial charge in [-0.3, -0.25) is 19.6 Å². The molecule has 0 fully saturated rings. The van der Waals surface area contributed by atoms with Gasteiger partial charge < -0.3 is 15.0 Å². The smallest absolute Gasteiger partial charge is 0.325 e. The SMILES string of the molecule is Cc1[nH]c(=O)[nH]c(=O)c1CCC(=O)NCc1ccc(OCc2cccnc2)cc1. The van der Waals surface area contributed by atoms with Gasteiger partial charge in [0.25, 0.3) is 5.56 Å². The van der Waals surface area contributed by atoms with Crippen LogP contribution in [0.4, 0.5) is 0 Å². The Balaban J connectivity index is 1.45. The second-order valence-corrected chi connectivity index (χ2v) is 6.58. The van der Waals surface area contributed by atoms with Gasteiger partial charge in [0.1, 0.15) is 12.4 Å². The molecule has 0 spiro atoms. The molecule has 3 N–H and O–H groups in total. The van der Waals surface area contributed by atoms with Crippen molar-refractivity contribution in [2.45, 2.75) is 32.9 Å². The van der Waals surface area contributed by atoms with Crippen molar-refractivity contribution in [2.75, 3.05) is 0 Å². The first-order valence-corrected chi connectivity index (χ1v) is 9.20. The number of hydrogen-bond donors (Lipinski definition) is 3. The van der Waals surface area contributed by atoms with Gasteiger partial charge in [-0.05, 0) is 37.1 Å². The Morgan fingerprint density at radius 1 is 1.10 bits per heavy atom. The monoisotopic (exact) mass is 394 g/mol. The van der Waals surface area contributed by atoms with Crippen LogP contribution in [0, 0.1) is 6.92 Å². The zero-order chi connectivity index (χ0) is 20.6. The molecule has 0 radical (unpaired) electrons. The van der Waals surface area contributed by atoms with Crippen LogP contribution in [0.3, 0.4) is 0 Å². The number of H-pyrrole nitrogens is 2. The lowest BCUT2D eigenvalue weighted by atomic mass is 10.1. The van der Waals surface area contributed by atoms with Crippen LogP contribution in [0.2, 0.25) is 0 Å². The van der Waals surface area contributed by atoms with E-state index in [0.29, 0.717) is 24.4 Å². The van der Waals surface area contributed by atoms with Gasteiger partial charge in [-0.1, -0.05) is 18.2 Å². The van der Waals surface area contributed by atoms with E-state index in [9.17, 15) is 14.4 Å². The first kappa shape index (κ1) is 20.1. The van der Waals surface area contributed by atoms with E-state index in [1.807, 2.05) is 36.4 Å². The third-order valence-electron chi connectivity index (χ3n) is 4.40. The second-order valence-electron chi connectivity index (χ2n) is 6.58. The molecule has 0 unspecified atom stereocenters. The number of benzene rings is 1. The van der Waals surface area contributed by atoms with Crippen molar-refractivity contribution in [3.63, 3.8) is 0 Å². The first-order valence-electron chi connectivity index (χ1n) is 9.20. The largest absolute Gasteiger partial charge is 0.489 e. The maximum atomic E-state index is 12.1. The number of ether oxygens (including phenoxy) is 1. The van der Waals surface area contributed by atoms with Crippen LogP contribution < -0.4 is 21.3 Å². The van der Waals surface area contributed by atoms with Crippen LogP contribution in [-0.2, 0) is 24.4 Å². The molecule has 1 amide bonds. The van der Waals surface area contributed by atoms with Crippen LogP contribution in [0.1, 0.15) is 28.8 Å². The first-order chi connectivity index (χ1) is 14.0. The van der Waals surface area contributed by atoms with Gasteiger partial charge in [-0.15, -0.1) is 0 Å². The Kier molecular flexibility index (Phi) is 6.57. The maximum Gasteiger partial charge on any atom is 0.325 e. The molecule has 1 aromatic carbocycles. The number of carbonyl (C=O) groups is 1. The van der Waals surface area contributed by atoms with E-state index in [2.05, 4.69) is 20.3 Å². The molecular formula is C21H22N4O4. The molecule has 0 aliphatic carbocycles. The molecule has 0 bridgehead atoms. The van der Waals surface area contributed by atoms with Gasteiger partial charge in [0, 0.05) is 42.2 Å². The molecule has 8 heteroatoms. The highest BCUT2D eigenvalue weighted by Gasteiger charge is 2.09. The highest BCUT2D eigenvalue weighted by Crippen LogP contribution is 2.14. The number of aromatic nitrogens is 3. The summed E-state index contributed by atoms with van der Waals surface area (Å²) in [5.41, 5.74) is 1.81. The summed E-state index contributed by atoms with van der Waals surface area (Å²) in [6, 6.07) is 11.3. The molecule has 0 aliphatic rings. The third-order valence-corrected chi connectivity index (χ3v) is 4.40. The number of carbonyl (C=O) groups excluding carboxylic acids is 1. The van der Waals surface area contributed by atoms with Crippen molar-refractivity contribution >= 4 is 5.91 Å². The van der Waals surface area contributed by atoms with E-state index in [0.717, 1.165) is 16.9 Å². The Labute approximate surface area is 167 Å². The molecule has 8 nitrogen and oxygen atoms in total. The van der Waals surface area contributed by atoms with Crippen LogP contribution >= 0.6 is 0 Å². The highest BCUT2D eigenvalue weighted by molar-refractivity contribution is 5.76. The number of nitrogens with zero attached hydrogens (tertiary/aromatic N) is 1. The van der Waals surface area contributed by atoms with Gasteiger partial charge >= 0.3 is 5.69 Å². The predicted octanol–water partition coefficient (Wildman–Crippen LogP) is 1.59. The Morgan fingerprint density at radius 3 is 2.59 bits per heavy atom. The summed E-state index contributed by atoms with van der Waals surface area (Å²) in [6.07, 6.45) is 3.88. The van der Waals surface area contributed by atoms with Crippen LogP contribution in [0.5, 0.6) is 5.75 Å². The maximum absolute atomic E-state index is 12.1. The van der Waals surface area contributed by atoms with Crippen LogP contribution in [0.25, 0.3) is 0 Å². The number of rotatable bonds is 8. The molecule has 0 atom stereocenters. The van der Waals surface area contributed by atoms with Crippen molar-refractivity contribution in [3.8, 4) is 5.75 Å². The van der Waals surface area contributed by atoms with Crippen molar-refractivity contribution in [1.82, 2.24) is 20.3 Å². The standard InChI is InChI=1S/C21H22N4O4/c1-14-18(20(27)25-21(28)24-14)8-9-19(26)23-12-15-4-6-17(7-5-15)29-13-16-3-2-10-22-11-16/h2-7,10-11H,8-9,12-13H2,1H3,(H,23,26)(H2,24,25,27,28). The normalized spacial score (nSPS) is 10.5. The van der Waals surface area contributed by atoms with Crippen molar-refractivity contribution < 1.29 is 9.53 Å². The second kappa shape index (κ2) is 9.50. The number of amides is 1. The molecule has 150 valence electrons. The van der Waals surface area contributed by atoms with Crippen molar-refractivity contribution in [1.29, 1.82) is 0 Å². The fourth-order valence-corrected chi connectivity index (χ4v) is 2.81. The zero-order valence-corrected chi connectivity index (χ0v) is 16.0. The van der Waals surface area contributed by atoms with E-state index in [-0.39, 0.29) is 18.7 Å². The van der Waals surface area contributed by atoms with Crippen molar-refractivity contribution in [3.05, 3.63) is 92.0 Å². The molecule has 3 rings (SSSR count). The van der Waals surface area contributed by atoms with E-state index in [4.69, 9.17) is 4.74 Å². The quantitative estimate of drug-likeness (QED) is 0.536. The van der Waals surface area contributed by atoms with Gasteiger partial charge in [0.15, 0.2) is 0 Å². The van der Waals surface area contributed by atoms with E-state index < -0.39 is 11.2 Å². The molecule has 0 aliphatic heterocycles. The highest BCUT2D eigenvalue weighted by atomic mass is 16.5. The van der Waals surface area contributed by atoms with E-state index in [1.165, 1.54) is 0 Å². The number of aryl methyl sites for hydroxylation is 1.